The standard InChI is InChI=1S/C13H16BrN3O/c1-3-6-15-8-12-16-13(17-18-12)10-5-4-9(2)7-11(10)14/h4-5,7,15H,3,6,8H2,1-2H3. The third-order valence-corrected chi connectivity index (χ3v) is 3.19. The highest BCUT2D eigenvalue weighted by Gasteiger charge is 2.11. The molecule has 0 aliphatic carbocycles. The summed E-state index contributed by atoms with van der Waals surface area (Å²) in [6.07, 6.45) is 1.09. The Morgan fingerprint density at radius 3 is 2.94 bits per heavy atom. The van der Waals surface area contributed by atoms with Crippen LogP contribution >= 0.6 is 15.9 Å². The Kier molecular flexibility index (Phi) is 4.49. The predicted molar refractivity (Wildman–Crippen MR) is 74.2 cm³/mol. The molecule has 0 amide bonds. The zero-order valence-corrected chi connectivity index (χ0v) is 12.1. The Labute approximate surface area is 115 Å². The molecule has 4 nitrogen and oxygen atoms in total. The van der Waals surface area contributed by atoms with E-state index in [4.69, 9.17) is 4.52 Å². The first-order chi connectivity index (χ1) is 8.70. The summed E-state index contributed by atoms with van der Waals surface area (Å²) in [6.45, 7) is 5.73. The highest BCUT2D eigenvalue weighted by Crippen LogP contribution is 2.26. The topological polar surface area (TPSA) is 51.0 Å². The normalized spacial score (nSPS) is 10.8. The summed E-state index contributed by atoms with van der Waals surface area (Å²) in [6, 6.07) is 6.07. The minimum absolute atomic E-state index is 0.615. The number of hydrogen-bond donors (Lipinski definition) is 1. The van der Waals surface area contributed by atoms with Crippen molar-refractivity contribution in [3.05, 3.63) is 34.1 Å². The first-order valence-corrected chi connectivity index (χ1v) is 6.80. The number of benzene rings is 1. The fourth-order valence-electron chi connectivity index (χ4n) is 1.61. The van der Waals surface area contributed by atoms with Gasteiger partial charge in [0.1, 0.15) is 0 Å². The molecule has 0 saturated heterocycles. The molecule has 0 atom stereocenters. The van der Waals surface area contributed by atoms with Crippen molar-refractivity contribution in [2.75, 3.05) is 6.54 Å². The lowest BCUT2D eigenvalue weighted by Gasteiger charge is -2.00. The number of nitrogens with zero attached hydrogens (tertiary/aromatic N) is 2. The Morgan fingerprint density at radius 1 is 1.39 bits per heavy atom. The van der Waals surface area contributed by atoms with Gasteiger partial charge in [-0.15, -0.1) is 0 Å². The van der Waals surface area contributed by atoms with Gasteiger partial charge in [-0.3, -0.25) is 0 Å². The molecule has 0 spiro atoms. The molecule has 0 saturated carbocycles. The highest BCUT2D eigenvalue weighted by molar-refractivity contribution is 9.10. The minimum atomic E-state index is 0.615. The van der Waals surface area contributed by atoms with E-state index in [0.717, 1.165) is 23.0 Å². The number of aromatic nitrogens is 2. The second-order valence-electron chi connectivity index (χ2n) is 4.17. The molecular weight excluding hydrogens is 294 g/mol. The molecule has 1 N–H and O–H groups in total. The lowest BCUT2D eigenvalue weighted by atomic mass is 10.1. The third kappa shape index (κ3) is 3.17. The van der Waals surface area contributed by atoms with E-state index in [1.165, 1.54) is 5.56 Å². The molecule has 0 bridgehead atoms. The second kappa shape index (κ2) is 6.11. The molecule has 0 aliphatic heterocycles. The first kappa shape index (κ1) is 13.2. The van der Waals surface area contributed by atoms with Gasteiger partial charge in [-0.25, -0.2) is 0 Å². The Hall–Kier alpha value is -1.20. The number of hydrogen-bond acceptors (Lipinski definition) is 4. The molecule has 1 heterocycles. The van der Waals surface area contributed by atoms with Crippen LogP contribution < -0.4 is 5.32 Å². The molecule has 18 heavy (non-hydrogen) atoms. The van der Waals surface area contributed by atoms with Gasteiger partial charge in [0.15, 0.2) is 0 Å². The van der Waals surface area contributed by atoms with Crippen molar-refractivity contribution < 1.29 is 4.52 Å². The summed E-state index contributed by atoms with van der Waals surface area (Å²) in [4.78, 5) is 4.37. The van der Waals surface area contributed by atoms with Gasteiger partial charge in [-0.2, -0.15) is 4.98 Å². The van der Waals surface area contributed by atoms with Crippen molar-refractivity contribution >= 4 is 15.9 Å². The molecule has 0 unspecified atom stereocenters. The fourth-order valence-corrected chi connectivity index (χ4v) is 2.28. The summed E-state index contributed by atoms with van der Waals surface area (Å²) in [7, 11) is 0. The number of rotatable bonds is 5. The van der Waals surface area contributed by atoms with Crippen molar-refractivity contribution in [3.63, 3.8) is 0 Å². The summed E-state index contributed by atoms with van der Waals surface area (Å²) in [5, 5.41) is 7.23. The molecule has 2 rings (SSSR count). The fraction of sp³-hybridized carbons (Fsp3) is 0.385. The van der Waals surface area contributed by atoms with Gasteiger partial charge in [0.2, 0.25) is 11.7 Å². The maximum atomic E-state index is 5.21. The van der Waals surface area contributed by atoms with Gasteiger partial charge < -0.3 is 9.84 Å². The summed E-state index contributed by atoms with van der Waals surface area (Å²) >= 11 is 3.52. The second-order valence-corrected chi connectivity index (χ2v) is 5.03. The van der Waals surface area contributed by atoms with Crippen molar-refractivity contribution in [3.8, 4) is 11.4 Å². The Bertz CT molecular complexity index is 525. The van der Waals surface area contributed by atoms with E-state index in [9.17, 15) is 0 Å². The molecule has 0 fully saturated rings. The molecule has 5 heteroatoms. The lowest BCUT2D eigenvalue weighted by Crippen LogP contribution is -2.13. The maximum Gasteiger partial charge on any atom is 0.240 e. The van der Waals surface area contributed by atoms with E-state index in [1.54, 1.807) is 0 Å². The highest BCUT2D eigenvalue weighted by atomic mass is 79.9. The molecular formula is C13H16BrN3O. The quantitative estimate of drug-likeness (QED) is 0.861. The summed E-state index contributed by atoms with van der Waals surface area (Å²) in [5.74, 6) is 1.24. The van der Waals surface area contributed by atoms with Gasteiger partial charge in [0.25, 0.3) is 0 Å². The average molecular weight is 310 g/mol. The largest absolute Gasteiger partial charge is 0.338 e. The van der Waals surface area contributed by atoms with Crippen LogP contribution in [0.2, 0.25) is 0 Å². The molecule has 96 valence electrons. The maximum absolute atomic E-state index is 5.21. The van der Waals surface area contributed by atoms with Gasteiger partial charge >= 0.3 is 0 Å². The number of aryl methyl sites for hydroxylation is 1. The van der Waals surface area contributed by atoms with Crippen LogP contribution in [0.25, 0.3) is 11.4 Å². The van der Waals surface area contributed by atoms with Gasteiger partial charge in [-0.05, 0) is 37.6 Å². The predicted octanol–water partition coefficient (Wildman–Crippen LogP) is 3.31. The molecule has 0 aliphatic rings. The molecule has 1 aromatic heterocycles. The van der Waals surface area contributed by atoms with E-state index >= 15 is 0 Å². The van der Waals surface area contributed by atoms with E-state index in [0.29, 0.717) is 18.3 Å². The zero-order chi connectivity index (χ0) is 13.0. The molecule has 2 aromatic rings. The van der Waals surface area contributed by atoms with Crippen molar-refractivity contribution in [2.24, 2.45) is 0 Å². The smallest absolute Gasteiger partial charge is 0.240 e. The van der Waals surface area contributed by atoms with Gasteiger partial charge in [0, 0.05) is 10.0 Å². The van der Waals surface area contributed by atoms with E-state index in [2.05, 4.69) is 38.3 Å². The van der Waals surface area contributed by atoms with Crippen molar-refractivity contribution in [1.29, 1.82) is 0 Å². The van der Waals surface area contributed by atoms with Crippen LogP contribution in [0.5, 0.6) is 0 Å². The minimum Gasteiger partial charge on any atom is -0.338 e. The van der Waals surface area contributed by atoms with Crippen LogP contribution in [0, 0.1) is 6.92 Å². The van der Waals surface area contributed by atoms with Crippen LogP contribution in [-0.4, -0.2) is 16.7 Å². The van der Waals surface area contributed by atoms with Crippen molar-refractivity contribution in [2.45, 2.75) is 26.8 Å². The molecule has 1 aromatic carbocycles. The van der Waals surface area contributed by atoms with E-state index in [1.807, 2.05) is 25.1 Å². The molecule has 0 radical (unpaired) electrons. The third-order valence-electron chi connectivity index (χ3n) is 2.54. The van der Waals surface area contributed by atoms with E-state index in [-0.39, 0.29) is 0 Å². The van der Waals surface area contributed by atoms with Crippen LogP contribution in [0.1, 0.15) is 24.8 Å². The average Bonchev–Trinajstić information content (AvgIpc) is 2.78. The van der Waals surface area contributed by atoms with E-state index < -0.39 is 0 Å². The SMILES string of the molecule is CCCNCc1nc(-c2ccc(C)cc2Br)no1. The zero-order valence-electron chi connectivity index (χ0n) is 10.5. The summed E-state index contributed by atoms with van der Waals surface area (Å²) in [5.41, 5.74) is 2.14. The lowest BCUT2D eigenvalue weighted by molar-refractivity contribution is 0.368. The van der Waals surface area contributed by atoms with Crippen LogP contribution in [0.4, 0.5) is 0 Å². The van der Waals surface area contributed by atoms with Gasteiger partial charge in [-0.1, -0.05) is 34.1 Å². The van der Waals surface area contributed by atoms with Crippen LogP contribution in [0.3, 0.4) is 0 Å². The first-order valence-electron chi connectivity index (χ1n) is 6.00. The van der Waals surface area contributed by atoms with Crippen LogP contribution in [-0.2, 0) is 6.54 Å². The van der Waals surface area contributed by atoms with Crippen molar-refractivity contribution in [1.82, 2.24) is 15.5 Å². The van der Waals surface area contributed by atoms with Gasteiger partial charge in [0.05, 0.1) is 6.54 Å². The Morgan fingerprint density at radius 2 is 2.22 bits per heavy atom. The number of halogens is 1. The number of nitrogens with one attached hydrogen (secondary N) is 1. The van der Waals surface area contributed by atoms with Crippen LogP contribution in [0.15, 0.2) is 27.2 Å². The Balaban J connectivity index is 2.13. The monoisotopic (exact) mass is 309 g/mol. The summed E-state index contributed by atoms with van der Waals surface area (Å²) < 4.78 is 6.19.